The van der Waals surface area contributed by atoms with Crippen LogP contribution >= 0.6 is 0 Å². The molecule has 1 aromatic carbocycles. The Balaban J connectivity index is 2.85. The summed E-state index contributed by atoms with van der Waals surface area (Å²) in [5, 5.41) is 0. The Morgan fingerprint density at radius 2 is 1.89 bits per heavy atom. The van der Waals surface area contributed by atoms with Gasteiger partial charge in [-0.1, -0.05) is 39.3 Å². The van der Waals surface area contributed by atoms with Gasteiger partial charge in [0.05, 0.1) is 14.2 Å². The largest absolute Gasteiger partial charge is 0.497 e. The zero-order valence-corrected chi connectivity index (χ0v) is 12.1. The molecule has 0 spiro atoms. The van der Waals surface area contributed by atoms with Gasteiger partial charge in [-0.15, -0.1) is 0 Å². The third-order valence-corrected chi connectivity index (χ3v) is 3.36. The van der Waals surface area contributed by atoms with E-state index in [0.29, 0.717) is 5.41 Å². The highest BCUT2D eigenvalue weighted by Crippen LogP contribution is 2.28. The normalized spacial score (nSPS) is 11.8. The summed E-state index contributed by atoms with van der Waals surface area (Å²) in [5.41, 5.74) is 1.41. The summed E-state index contributed by atoms with van der Waals surface area (Å²) in [6, 6.07) is 5.84. The third kappa shape index (κ3) is 4.10. The van der Waals surface area contributed by atoms with Crippen LogP contribution in [0.15, 0.2) is 24.3 Å². The van der Waals surface area contributed by atoms with E-state index in [1.165, 1.54) is 6.42 Å². The first-order chi connectivity index (χ1) is 8.52. The fourth-order valence-corrected chi connectivity index (χ4v) is 1.62. The Morgan fingerprint density at radius 1 is 1.17 bits per heavy atom. The summed E-state index contributed by atoms with van der Waals surface area (Å²) in [6.07, 6.45) is 6.55. The van der Waals surface area contributed by atoms with Crippen LogP contribution in [0.5, 0.6) is 11.5 Å². The van der Waals surface area contributed by atoms with E-state index in [4.69, 9.17) is 9.47 Å². The zero-order valence-electron chi connectivity index (χ0n) is 12.1. The van der Waals surface area contributed by atoms with Crippen LogP contribution in [0.1, 0.15) is 39.2 Å². The van der Waals surface area contributed by atoms with Crippen LogP contribution in [0.3, 0.4) is 0 Å². The molecule has 0 aromatic heterocycles. The minimum absolute atomic E-state index is 0.350. The highest BCUT2D eigenvalue weighted by Gasteiger charge is 2.12. The molecule has 1 aromatic rings. The molecule has 0 aliphatic rings. The number of rotatable bonds is 6. The third-order valence-electron chi connectivity index (χ3n) is 3.36. The maximum absolute atomic E-state index is 5.35. The first-order valence-corrected chi connectivity index (χ1v) is 6.41. The van der Waals surface area contributed by atoms with Crippen molar-refractivity contribution in [3.63, 3.8) is 0 Å². The summed E-state index contributed by atoms with van der Waals surface area (Å²) in [7, 11) is 3.37. The van der Waals surface area contributed by atoms with Crippen LogP contribution in [0, 0.1) is 5.41 Å². The van der Waals surface area contributed by atoms with Crippen molar-refractivity contribution in [1.82, 2.24) is 0 Å². The van der Waals surface area contributed by atoms with Crippen molar-refractivity contribution in [1.29, 1.82) is 0 Å². The molecule has 0 heterocycles. The van der Waals surface area contributed by atoms with Gasteiger partial charge in [-0.25, -0.2) is 0 Å². The van der Waals surface area contributed by atoms with Crippen molar-refractivity contribution in [2.45, 2.75) is 33.6 Å². The molecule has 0 unspecified atom stereocenters. The van der Waals surface area contributed by atoms with Crippen molar-refractivity contribution in [2.75, 3.05) is 14.2 Å². The number of hydrogen-bond acceptors (Lipinski definition) is 2. The van der Waals surface area contributed by atoms with Gasteiger partial charge in [-0.05, 0) is 30.0 Å². The predicted molar refractivity (Wildman–Crippen MR) is 77.3 cm³/mol. The van der Waals surface area contributed by atoms with E-state index in [1.54, 1.807) is 14.2 Å². The Labute approximate surface area is 111 Å². The number of allylic oxidation sites excluding steroid dienone is 1. The Kier molecular flexibility index (Phi) is 5.26. The minimum Gasteiger partial charge on any atom is -0.497 e. The van der Waals surface area contributed by atoms with Gasteiger partial charge in [0.1, 0.15) is 11.5 Å². The summed E-state index contributed by atoms with van der Waals surface area (Å²) in [5.74, 6) is 1.73. The second-order valence-electron chi connectivity index (χ2n) is 5.23. The van der Waals surface area contributed by atoms with Gasteiger partial charge in [0, 0.05) is 5.56 Å². The molecule has 0 aliphatic heterocycles. The molecule has 0 radical (unpaired) electrons. The molecule has 0 bridgehead atoms. The predicted octanol–water partition coefficient (Wildman–Crippen LogP) is 4.54. The van der Waals surface area contributed by atoms with Crippen molar-refractivity contribution < 1.29 is 9.47 Å². The van der Waals surface area contributed by atoms with E-state index in [9.17, 15) is 0 Å². The Morgan fingerprint density at radius 3 is 2.44 bits per heavy atom. The number of methoxy groups -OCH3 is 2. The lowest BCUT2D eigenvalue weighted by atomic mass is 9.86. The summed E-state index contributed by atoms with van der Waals surface area (Å²) in [6.45, 7) is 6.78. The van der Waals surface area contributed by atoms with Crippen LogP contribution in [-0.2, 0) is 0 Å². The van der Waals surface area contributed by atoms with E-state index in [2.05, 4.69) is 32.9 Å². The molecule has 0 N–H and O–H groups in total. The molecule has 0 saturated carbocycles. The number of benzene rings is 1. The molecule has 2 heteroatoms. The van der Waals surface area contributed by atoms with Crippen molar-refractivity contribution in [3.8, 4) is 11.5 Å². The molecule has 0 saturated heterocycles. The van der Waals surface area contributed by atoms with Crippen LogP contribution in [0.2, 0.25) is 0 Å². The van der Waals surface area contributed by atoms with Crippen LogP contribution in [0.4, 0.5) is 0 Å². The van der Waals surface area contributed by atoms with E-state index in [-0.39, 0.29) is 0 Å². The highest BCUT2D eigenvalue weighted by atomic mass is 16.5. The zero-order chi connectivity index (χ0) is 13.6. The summed E-state index contributed by atoms with van der Waals surface area (Å²) < 4.78 is 10.6. The van der Waals surface area contributed by atoms with Gasteiger partial charge in [-0.3, -0.25) is 0 Å². The second kappa shape index (κ2) is 6.48. The van der Waals surface area contributed by atoms with Gasteiger partial charge in [0.2, 0.25) is 0 Å². The molecule has 100 valence electrons. The molecule has 0 amide bonds. The lowest BCUT2D eigenvalue weighted by Gasteiger charge is -2.19. The quantitative estimate of drug-likeness (QED) is 0.735. The van der Waals surface area contributed by atoms with Gasteiger partial charge in [0.15, 0.2) is 0 Å². The minimum atomic E-state index is 0.350. The maximum Gasteiger partial charge on any atom is 0.126 e. The first-order valence-electron chi connectivity index (χ1n) is 6.41. The van der Waals surface area contributed by atoms with Crippen molar-refractivity contribution in [2.24, 2.45) is 5.41 Å². The smallest absolute Gasteiger partial charge is 0.126 e. The lowest BCUT2D eigenvalue weighted by Crippen LogP contribution is -2.07. The van der Waals surface area contributed by atoms with Gasteiger partial charge < -0.3 is 9.47 Å². The summed E-state index contributed by atoms with van der Waals surface area (Å²) >= 11 is 0. The molecule has 0 fully saturated rings. The highest BCUT2D eigenvalue weighted by molar-refractivity contribution is 5.59. The summed E-state index contributed by atoms with van der Waals surface area (Å²) in [4.78, 5) is 0. The van der Waals surface area contributed by atoms with E-state index in [1.807, 2.05) is 18.2 Å². The van der Waals surface area contributed by atoms with Crippen molar-refractivity contribution in [3.05, 3.63) is 29.8 Å². The van der Waals surface area contributed by atoms with Gasteiger partial charge in [0.25, 0.3) is 0 Å². The fourth-order valence-electron chi connectivity index (χ4n) is 1.62. The number of hydrogen-bond donors (Lipinski definition) is 0. The van der Waals surface area contributed by atoms with E-state index < -0.39 is 0 Å². The Hall–Kier alpha value is -1.44. The average molecular weight is 248 g/mol. The number of ether oxygens (including phenoxy) is 2. The van der Waals surface area contributed by atoms with Gasteiger partial charge in [-0.2, -0.15) is 0 Å². The second-order valence-corrected chi connectivity index (χ2v) is 5.23. The van der Waals surface area contributed by atoms with Crippen molar-refractivity contribution >= 4 is 6.08 Å². The molecule has 0 atom stereocenters. The Bertz CT molecular complexity index is 406. The molecule has 2 nitrogen and oxygen atoms in total. The SMILES string of the molecule is CCC(C)(C)C/C=C/c1cc(OC)ccc1OC. The van der Waals surface area contributed by atoms with E-state index >= 15 is 0 Å². The lowest BCUT2D eigenvalue weighted by molar-refractivity contribution is 0.357. The standard InChI is InChI=1S/C16H24O2/c1-6-16(2,3)11-7-8-13-12-14(17-4)9-10-15(13)18-5/h7-10,12H,6,11H2,1-5H3/b8-7+. The molecular weight excluding hydrogens is 224 g/mol. The molecular formula is C16H24O2. The average Bonchev–Trinajstić information content (AvgIpc) is 2.38. The molecule has 18 heavy (non-hydrogen) atoms. The molecule has 1 rings (SSSR count). The monoisotopic (exact) mass is 248 g/mol. The topological polar surface area (TPSA) is 18.5 Å². The van der Waals surface area contributed by atoms with Crippen LogP contribution < -0.4 is 9.47 Å². The fraction of sp³-hybridized carbons (Fsp3) is 0.500. The van der Waals surface area contributed by atoms with E-state index in [0.717, 1.165) is 23.5 Å². The maximum atomic E-state index is 5.35. The van der Waals surface area contributed by atoms with Gasteiger partial charge >= 0.3 is 0 Å². The van der Waals surface area contributed by atoms with Crippen LogP contribution in [0.25, 0.3) is 6.08 Å². The van der Waals surface area contributed by atoms with Crippen LogP contribution in [-0.4, -0.2) is 14.2 Å². The molecule has 0 aliphatic carbocycles. The first kappa shape index (κ1) is 14.6.